The Hall–Kier alpha value is -1.88. The molecular formula is C18H27N3O2. The minimum absolute atomic E-state index is 0.0194. The number of hydrogen-bond donors (Lipinski definition) is 2. The van der Waals surface area contributed by atoms with E-state index in [1.54, 1.807) is 13.1 Å². The van der Waals surface area contributed by atoms with Crippen LogP contribution in [0.4, 0.5) is 0 Å². The Balaban J connectivity index is 1.84. The van der Waals surface area contributed by atoms with E-state index in [1.807, 2.05) is 18.2 Å². The topological polar surface area (TPSA) is 61.4 Å². The molecule has 1 heterocycles. The van der Waals surface area contributed by atoms with Gasteiger partial charge in [-0.1, -0.05) is 25.5 Å². The molecule has 0 spiro atoms. The van der Waals surface area contributed by atoms with Crippen LogP contribution in [-0.2, 0) is 11.2 Å². The number of rotatable bonds is 6. The Morgan fingerprint density at radius 1 is 1.30 bits per heavy atom. The molecule has 126 valence electrons. The molecule has 5 heteroatoms. The number of nitrogens with zero attached hydrogens (tertiary/aromatic N) is 1. The van der Waals surface area contributed by atoms with E-state index in [0.717, 1.165) is 37.9 Å². The van der Waals surface area contributed by atoms with Crippen LogP contribution in [0.5, 0.6) is 0 Å². The number of benzene rings is 1. The monoisotopic (exact) mass is 317 g/mol. The molecule has 0 aliphatic carbocycles. The summed E-state index contributed by atoms with van der Waals surface area (Å²) < 4.78 is 0. The van der Waals surface area contributed by atoms with Crippen LogP contribution in [0.3, 0.4) is 0 Å². The normalized spacial score (nSPS) is 18.4. The molecule has 1 aromatic rings. The first kappa shape index (κ1) is 17.5. The molecule has 2 amide bonds. The van der Waals surface area contributed by atoms with Crippen molar-refractivity contribution >= 4 is 11.8 Å². The molecule has 0 unspecified atom stereocenters. The summed E-state index contributed by atoms with van der Waals surface area (Å²) in [5.41, 5.74) is 1.71. The van der Waals surface area contributed by atoms with E-state index in [-0.39, 0.29) is 17.9 Å². The number of piperidine rings is 1. The zero-order valence-electron chi connectivity index (χ0n) is 14.1. The molecular weight excluding hydrogens is 290 g/mol. The summed E-state index contributed by atoms with van der Waals surface area (Å²) in [5, 5.41) is 5.67. The van der Waals surface area contributed by atoms with Gasteiger partial charge in [-0.3, -0.25) is 14.5 Å². The first-order chi connectivity index (χ1) is 11.2. The van der Waals surface area contributed by atoms with Crippen LogP contribution in [-0.4, -0.2) is 49.4 Å². The van der Waals surface area contributed by atoms with Gasteiger partial charge in [0.1, 0.15) is 0 Å². The zero-order chi connectivity index (χ0) is 16.7. The van der Waals surface area contributed by atoms with Crippen LogP contribution in [0, 0.1) is 0 Å². The molecule has 0 aromatic heterocycles. The first-order valence-corrected chi connectivity index (χ1v) is 8.48. The Morgan fingerprint density at radius 3 is 2.87 bits per heavy atom. The van der Waals surface area contributed by atoms with Crippen LogP contribution >= 0.6 is 0 Å². The van der Waals surface area contributed by atoms with Gasteiger partial charge in [-0.05, 0) is 50.0 Å². The predicted molar refractivity (Wildman–Crippen MR) is 91.4 cm³/mol. The van der Waals surface area contributed by atoms with E-state index in [2.05, 4.69) is 22.5 Å². The van der Waals surface area contributed by atoms with Crippen molar-refractivity contribution in [1.29, 1.82) is 0 Å². The quantitative estimate of drug-likeness (QED) is 0.837. The second-order valence-electron chi connectivity index (χ2n) is 5.96. The average molecular weight is 317 g/mol. The molecule has 0 saturated carbocycles. The van der Waals surface area contributed by atoms with E-state index in [0.29, 0.717) is 12.1 Å². The second kappa shape index (κ2) is 8.67. The number of likely N-dealkylation sites (N-methyl/N-ethyl adjacent to an activating group) is 1. The maximum atomic E-state index is 12.4. The summed E-state index contributed by atoms with van der Waals surface area (Å²) in [6.45, 7) is 4.65. The summed E-state index contributed by atoms with van der Waals surface area (Å²) in [4.78, 5) is 26.3. The highest BCUT2D eigenvalue weighted by Gasteiger charge is 2.26. The number of carbonyl (C=O) groups excluding carboxylic acids is 2. The van der Waals surface area contributed by atoms with Crippen molar-refractivity contribution in [2.45, 2.75) is 38.6 Å². The molecule has 2 rings (SSSR count). The van der Waals surface area contributed by atoms with Crippen molar-refractivity contribution in [2.24, 2.45) is 0 Å². The van der Waals surface area contributed by atoms with Crippen molar-refractivity contribution in [1.82, 2.24) is 15.5 Å². The highest BCUT2D eigenvalue weighted by molar-refractivity contribution is 5.94. The SMILES string of the molecule is CCN1CCCC[C@H]1C(=O)NCCc1cccc(C(=O)NC)c1. The fraction of sp³-hybridized carbons (Fsp3) is 0.556. The summed E-state index contributed by atoms with van der Waals surface area (Å²) >= 11 is 0. The fourth-order valence-electron chi connectivity index (χ4n) is 3.13. The molecule has 1 atom stereocenters. The maximum Gasteiger partial charge on any atom is 0.251 e. The van der Waals surface area contributed by atoms with Gasteiger partial charge in [0.25, 0.3) is 5.91 Å². The van der Waals surface area contributed by atoms with Crippen LogP contribution in [0.1, 0.15) is 42.1 Å². The van der Waals surface area contributed by atoms with Gasteiger partial charge in [0, 0.05) is 19.2 Å². The molecule has 1 aromatic carbocycles. The van der Waals surface area contributed by atoms with Crippen LogP contribution in [0.25, 0.3) is 0 Å². The number of amides is 2. The Labute approximate surface area is 138 Å². The highest BCUT2D eigenvalue weighted by atomic mass is 16.2. The van der Waals surface area contributed by atoms with E-state index in [9.17, 15) is 9.59 Å². The molecule has 0 bridgehead atoms. The van der Waals surface area contributed by atoms with Gasteiger partial charge >= 0.3 is 0 Å². The molecule has 2 N–H and O–H groups in total. The Kier molecular flexibility index (Phi) is 6.59. The van der Waals surface area contributed by atoms with Crippen molar-refractivity contribution in [3.63, 3.8) is 0 Å². The highest BCUT2D eigenvalue weighted by Crippen LogP contribution is 2.16. The van der Waals surface area contributed by atoms with Crippen molar-refractivity contribution in [3.05, 3.63) is 35.4 Å². The first-order valence-electron chi connectivity index (χ1n) is 8.48. The van der Waals surface area contributed by atoms with Gasteiger partial charge < -0.3 is 10.6 Å². The maximum absolute atomic E-state index is 12.4. The fourth-order valence-corrected chi connectivity index (χ4v) is 3.13. The van der Waals surface area contributed by atoms with Gasteiger partial charge in [-0.2, -0.15) is 0 Å². The smallest absolute Gasteiger partial charge is 0.251 e. The van der Waals surface area contributed by atoms with Crippen molar-refractivity contribution in [2.75, 3.05) is 26.7 Å². The average Bonchev–Trinajstić information content (AvgIpc) is 2.61. The second-order valence-corrected chi connectivity index (χ2v) is 5.96. The summed E-state index contributed by atoms with van der Waals surface area (Å²) in [5.74, 6) is 0.0469. The van der Waals surface area contributed by atoms with E-state index >= 15 is 0 Å². The summed E-state index contributed by atoms with van der Waals surface area (Å²) in [6.07, 6.45) is 3.99. The molecule has 1 saturated heterocycles. The largest absolute Gasteiger partial charge is 0.355 e. The third kappa shape index (κ3) is 4.79. The molecule has 1 fully saturated rings. The predicted octanol–water partition coefficient (Wildman–Crippen LogP) is 1.58. The van der Waals surface area contributed by atoms with Crippen LogP contribution in [0.2, 0.25) is 0 Å². The van der Waals surface area contributed by atoms with Gasteiger partial charge in [-0.25, -0.2) is 0 Å². The minimum atomic E-state index is -0.0864. The third-order valence-electron chi connectivity index (χ3n) is 4.45. The van der Waals surface area contributed by atoms with E-state index < -0.39 is 0 Å². The van der Waals surface area contributed by atoms with Gasteiger partial charge in [0.05, 0.1) is 6.04 Å². The van der Waals surface area contributed by atoms with Crippen molar-refractivity contribution in [3.8, 4) is 0 Å². The lowest BCUT2D eigenvalue weighted by atomic mass is 10.0. The lowest BCUT2D eigenvalue weighted by Gasteiger charge is -2.33. The van der Waals surface area contributed by atoms with Crippen molar-refractivity contribution < 1.29 is 9.59 Å². The summed E-state index contributed by atoms with van der Waals surface area (Å²) in [6, 6.07) is 7.55. The van der Waals surface area contributed by atoms with E-state index in [1.165, 1.54) is 6.42 Å². The lowest BCUT2D eigenvalue weighted by Crippen LogP contribution is -2.49. The Morgan fingerprint density at radius 2 is 2.13 bits per heavy atom. The molecule has 5 nitrogen and oxygen atoms in total. The lowest BCUT2D eigenvalue weighted by molar-refractivity contribution is -0.127. The standard InChI is InChI=1S/C18H27N3O2/c1-3-21-12-5-4-9-16(21)18(23)20-11-10-14-7-6-8-15(13-14)17(22)19-2/h6-8,13,16H,3-5,9-12H2,1-2H3,(H,19,22)(H,20,23)/t16-/m0/s1. The summed E-state index contributed by atoms with van der Waals surface area (Å²) in [7, 11) is 1.62. The van der Waals surface area contributed by atoms with Gasteiger partial charge in [0.2, 0.25) is 5.91 Å². The van der Waals surface area contributed by atoms with E-state index in [4.69, 9.17) is 0 Å². The number of nitrogens with one attached hydrogen (secondary N) is 2. The van der Waals surface area contributed by atoms with Crippen LogP contribution in [0.15, 0.2) is 24.3 Å². The molecule has 1 aliphatic rings. The zero-order valence-corrected chi connectivity index (χ0v) is 14.1. The molecule has 23 heavy (non-hydrogen) atoms. The third-order valence-corrected chi connectivity index (χ3v) is 4.45. The van der Waals surface area contributed by atoms with Gasteiger partial charge in [0.15, 0.2) is 0 Å². The molecule has 1 aliphatic heterocycles. The van der Waals surface area contributed by atoms with Gasteiger partial charge in [-0.15, -0.1) is 0 Å². The Bertz CT molecular complexity index is 545. The number of carbonyl (C=O) groups is 2. The minimum Gasteiger partial charge on any atom is -0.355 e. The van der Waals surface area contributed by atoms with Crippen LogP contribution < -0.4 is 10.6 Å². The number of likely N-dealkylation sites (tertiary alicyclic amines) is 1. The molecule has 0 radical (unpaired) electrons. The number of hydrogen-bond acceptors (Lipinski definition) is 3.